The molecule has 1 unspecified atom stereocenters. The number of nitrogens with two attached hydrogens (primary N) is 1. The maximum atomic E-state index is 10.9. The fourth-order valence-electron chi connectivity index (χ4n) is 5.33. The zero-order chi connectivity index (χ0) is 32.7. The van der Waals surface area contributed by atoms with Crippen LogP contribution in [0.3, 0.4) is 0 Å². The summed E-state index contributed by atoms with van der Waals surface area (Å²) in [6.45, 7) is 20.5. The first kappa shape index (κ1) is 40.4. The Morgan fingerprint density at radius 3 is 2.21 bits per heavy atom. The summed E-state index contributed by atoms with van der Waals surface area (Å²) in [5.41, 5.74) is 11.9. The van der Waals surface area contributed by atoms with E-state index in [0.29, 0.717) is 0 Å². The van der Waals surface area contributed by atoms with Gasteiger partial charge in [-0.25, -0.2) is 0 Å². The maximum absolute atomic E-state index is 10.9. The second-order valence-electron chi connectivity index (χ2n) is 10.1. The molecule has 1 aliphatic rings. The summed E-state index contributed by atoms with van der Waals surface area (Å²) < 4.78 is 6.01. The van der Waals surface area contributed by atoms with Gasteiger partial charge in [-0.2, -0.15) is 0 Å². The first-order valence-corrected chi connectivity index (χ1v) is 17.7. The summed E-state index contributed by atoms with van der Waals surface area (Å²) in [5.74, 6) is 1.12. The Kier molecular flexibility index (Phi) is 22.3. The Labute approximate surface area is 268 Å². The molecule has 0 fully saturated rings. The van der Waals surface area contributed by atoms with Gasteiger partial charge in [0.2, 0.25) is 0 Å². The molecule has 0 saturated heterocycles. The van der Waals surface area contributed by atoms with E-state index in [9.17, 15) is 4.79 Å². The molecule has 0 spiro atoms. The zero-order valence-corrected chi connectivity index (χ0v) is 29.9. The third kappa shape index (κ3) is 12.5. The van der Waals surface area contributed by atoms with E-state index in [4.69, 9.17) is 10.5 Å². The number of nitrogen functional groups attached to an aromatic ring is 1. The SMILES string of the molecule is CC.CC.CC.CCCCCC1(CCC)COc2ccc(CNC)cc21.CCCc1sc(C=O)cc1-c1cccc(N)c1. The van der Waals surface area contributed by atoms with Crippen LogP contribution in [0, 0.1) is 0 Å². The van der Waals surface area contributed by atoms with Crippen LogP contribution in [-0.4, -0.2) is 19.9 Å². The lowest BCUT2D eigenvalue weighted by molar-refractivity contribution is 0.112. The highest BCUT2D eigenvalue weighted by atomic mass is 32.1. The number of hydrogen-bond donors (Lipinski definition) is 2. The smallest absolute Gasteiger partial charge is 0.160 e. The lowest BCUT2D eigenvalue weighted by atomic mass is 9.74. The summed E-state index contributed by atoms with van der Waals surface area (Å²) in [5, 5.41) is 3.25. The number of carbonyl (C=O) groups excluding carboxylic acids is 1. The summed E-state index contributed by atoms with van der Waals surface area (Å²) in [7, 11) is 2.00. The summed E-state index contributed by atoms with van der Waals surface area (Å²) in [4.78, 5) is 12.9. The van der Waals surface area contributed by atoms with Crippen molar-refractivity contribution >= 4 is 23.3 Å². The van der Waals surface area contributed by atoms with E-state index in [1.165, 1.54) is 54.5 Å². The topological polar surface area (TPSA) is 64.3 Å². The van der Waals surface area contributed by atoms with Gasteiger partial charge in [-0.1, -0.05) is 119 Å². The molecule has 4 rings (SSSR count). The molecule has 0 aliphatic carbocycles. The number of carbonyl (C=O) groups is 1. The van der Waals surface area contributed by atoms with Crippen LogP contribution in [0.2, 0.25) is 0 Å². The van der Waals surface area contributed by atoms with Crippen LogP contribution >= 0.6 is 11.3 Å². The minimum Gasteiger partial charge on any atom is -0.492 e. The molecule has 3 N–H and O–H groups in total. The van der Waals surface area contributed by atoms with Crippen molar-refractivity contribution in [3.8, 4) is 16.9 Å². The second-order valence-corrected chi connectivity index (χ2v) is 11.3. The second kappa shape index (κ2) is 23.8. The van der Waals surface area contributed by atoms with Crippen molar-refractivity contribution in [3.05, 3.63) is 69.4 Å². The minimum atomic E-state index is 0.267. The number of benzene rings is 2. The summed E-state index contributed by atoms with van der Waals surface area (Å²) in [6.07, 6.45) is 10.7. The first-order chi connectivity index (χ1) is 21.0. The normalized spacial score (nSPS) is 14.2. The van der Waals surface area contributed by atoms with E-state index in [-0.39, 0.29) is 5.41 Å². The molecule has 5 heteroatoms. The fourth-order valence-corrected chi connectivity index (χ4v) is 6.43. The number of nitrogens with one attached hydrogen (secondary N) is 1. The van der Waals surface area contributed by atoms with Gasteiger partial charge in [0, 0.05) is 28.1 Å². The van der Waals surface area contributed by atoms with Crippen molar-refractivity contribution < 1.29 is 9.53 Å². The average Bonchev–Trinajstić information content (AvgIpc) is 3.63. The van der Waals surface area contributed by atoms with Gasteiger partial charge in [0.1, 0.15) is 5.75 Å². The Hall–Kier alpha value is -2.63. The van der Waals surface area contributed by atoms with Crippen LogP contribution < -0.4 is 15.8 Å². The van der Waals surface area contributed by atoms with Gasteiger partial charge >= 0.3 is 0 Å². The molecule has 1 aromatic heterocycles. The van der Waals surface area contributed by atoms with Crippen LogP contribution in [-0.2, 0) is 18.4 Å². The van der Waals surface area contributed by atoms with Crippen molar-refractivity contribution in [2.24, 2.45) is 0 Å². The van der Waals surface area contributed by atoms with Crippen molar-refractivity contribution in [1.82, 2.24) is 5.32 Å². The molecule has 1 aliphatic heterocycles. The minimum absolute atomic E-state index is 0.267. The molecule has 43 heavy (non-hydrogen) atoms. The van der Waals surface area contributed by atoms with Crippen molar-refractivity contribution in [2.75, 3.05) is 19.4 Å². The van der Waals surface area contributed by atoms with Crippen LogP contribution in [0.25, 0.3) is 11.1 Å². The average molecular weight is 611 g/mol. The molecule has 3 aromatic rings. The number of hydrogen-bond acceptors (Lipinski definition) is 5. The van der Waals surface area contributed by atoms with Gasteiger partial charge in [0.15, 0.2) is 6.29 Å². The van der Waals surface area contributed by atoms with Crippen molar-refractivity contribution in [1.29, 1.82) is 0 Å². The predicted molar refractivity (Wildman–Crippen MR) is 193 cm³/mol. The highest BCUT2D eigenvalue weighted by molar-refractivity contribution is 7.14. The Balaban J connectivity index is 0.000000705. The molecular formula is C38H62N2O2S. The van der Waals surface area contributed by atoms with E-state index in [1.54, 1.807) is 11.3 Å². The number of aldehydes is 1. The quantitative estimate of drug-likeness (QED) is 0.122. The van der Waals surface area contributed by atoms with Crippen LogP contribution in [0.4, 0.5) is 5.69 Å². The molecule has 4 nitrogen and oxygen atoms in total. The monoisotopic (exact) mass is 610 g/mol. The van der Waals surface area contributed by atoms with Crippen molar-refractivity contribution in [3.63, 3.8) is 0 Å². The summed E-state index contributed by atoms with van der Waals surface area (Å²) in [6, 6.07) is 16.5. The van der Waals surface area contributed by atoms with Gasteiger partial charge in [-0.05, 0) is 67.3 Å². The number of rotatable bonds is 12. The van der Waals surface area contributed by atoms with Gasteiger partial charge < -0.3 is 15.8 Å². The molecule has 2 aromatic carbocycles. The van der Waals surface area contributed by atoms with E-state index in [0.717, 1.165) is 59.7 Å². The third-order valence-corrected chi connectivity index (χ3v) is 8.23. The number of fused-ring (bicyclic) bond motifs is 1. The number of ether oxygens (including phenoxy) is 1. The molecule has 2 heterocycles. The molecule has 0 saturated carbocycles. The van der Waals surface area contributed by atoms with Gasteiger partial charge in [-0.3, -0.25) is 4.79 Å². The van der Waals surface area contributed by atoms with Crippen LogP contribution in [0.5, 0.6) is 5.75 Å². The number of unbranched alkanes of at least 4 members (excludes halogenated alkanes) is 2. The molecule has 242 valence electrons. The van der Waals surface area contributed by atoms with Crippen LogP contribution in [0.15, 0.2) is 48.5 Å². The highest BCUT2D eigenvalue weighted by Gasteiger charge is 2.39. The van der Waals surface area contributed by atoms with Gasteiger partial charge in [0.05, 0.1) is 11.5 Å². The number of anilines is 1. The fraction of sp³-hybridized carbons (Fsp3) is 0.553. The molecule has 1 atom stereocenters. The number of thiophene rings is 1. The Morgan fingerprint density at radius 2 is 1.63 bits per heavy atom. The highest BCUT2D eigenvalue weighted by Crippen LogP contribution is 2.45. The Bertz CT molecular complexity index is 1140. The molecule has 0 amide bonds. The van der Waals surface area contributed by atoms with Gasteiger partial charge in [-0.15, -0.1) is 11.3 Å². The van der Waals surface area contributed by atoms with E-state index >= 15 is 0 Å². The van der Waals surface area contributed by atoms with Gasteiger partial charge in [0.25, 0.3) is 0 Å². The first-order valence-electron chi connectivity index (χ1n) is 16.8. The molecular weight excluding hydrogens is 548 g/mol. The van der Waals surface area contributed by atoms with Crippen LogP contribution in [0.1, 0.15) is 133 Å². The largest absolute Gasteiger partial charge is 0.492 e. The number of aryl methyl sites for hydroxylation is 1. The Morgan fingerprint density at radius 1 is 0.907 bits per heavy atom. The van der Waals surface area contributed by atoms with Crippen molar-refractivity contribution in [2.45, 2.75) is 126 Å². The maximum Gasteiger partial charge on any atom is 0.160 e. The predicted octanol–water partition coefficient (Wildman–Crippen LogP) is 11.3. The lowest BCUT2D eigenvalue weighted by Gasteiger charge is -2.28. The summed E-state index contributed by atoms with van der Waals surface area (Å²) >= 11 is 1.58. The standard InChI is InChI=1S/C18H29NO.C14H15NOS.3C2H6/c1-4-6-7-11-18(10-5-2)14-20-17-9-8-15(13-19-3)12-16(17)18;1-2-4-14-13(8-12(9-16)17-14)10-5-3-6-11(15)7-10;3*1-2/h8-9,12,19H,4-7,10-11,13-14H2,1-3H3;3,5-9H,2,4,15H2,1H3;3*1-2H3. The third-order valence-electron chi connectivity index (χ3n) is 7.11. The lowest BCUT2D eigenvalue weighted by Crippen LogP contribution is -2.28. The molecule has 0 radical (unpaired) electrons. The molecule has 0 bridgehead atoms. The van der Waals surface area contributed by atoms with E-state index < -0.39 is 0 Å². The zero-order valence-electron chi connectivity index (χ0n) is 29.1. The van der Waals surface area contributed by atoms with E-state index in [1.807, 2.05) is 78.9 Å². The van der Waals surface area contributed by atoms with E-state index in [2.05, 4.69) is 44.3 Å².